The van der Waals surface area contributed by atoms with Gasteiger partial charge in [0.1, 0.15) is 0 Å². The van der Waals surface area contributed by atoms with E-state index in [1.807, 2.05) is 25.3 Å². The first-order valence-corrected chi connectivity index (χ1v) is 4.22. The Labute approximate surface area is 64.5 Å². The number of hydrogen-bond donors (Lipinski definition) is 1. The van der Waals surface area contributed by atoms with Crippen molar-refractivity contribution in [2.24, 2.45) is 0 Å². The molecule has 0 bridgehead atoms. The SMILES string of the molecule is CSc1cc(C)cc[n+]1O. The molecule has 1 aromatic rings. The summed E-state index contributed by atoms with van der Waals surface area (Å²) in [6, 6.07) is 3.80. The van der Waals surface area contributed by atoms with Crippen molar-refractivity contribution in [3.05, 3.63) is 23.9 Å². The first kappa shape index (κ1) is 7.41. The van der Waals surface area contributed by atoms with Crippen LogP contribution in [0.15, 0.2) is 23.4 Å². The average molecular weight is 156 g/mol. The summed E-state index contributed by atoms with van der Waals surface area (Å²) in [5, 5.41) is 9.99. The lowest BCUT2D eigenvalue weighted by molar-refractivity contribution is -0.932. The molecule has 2 nitrogen and oxygen atoms in total. The van der Waals surface area contributed by atoms with E-state index in [-0.39, 0.29) is 0 Å². The van der Waals surface area contributed by atoms with Gasteiger partial charge in [-0.15, -0.1) is 0 Å². The average Bonchev–Trinajstić information content (AvgIpc) is 1.94. The van der Waals surface area contributed by atoms with Crippen LogP contribution < -0.4 is 4.73 Å². The Bertz CT molecular complexity index is 237. The predicted octanol–water partition coefficient (Wildman–Crippen LogP) is 1.24. The van der Waals surface area contributed by atoms with E-state index in [1.54, 1.807) is 6.20 Å². The van der Waals surface area contributed by atoms with Crippen molar-refractivity contribution in [3.63, 3.8) is 0 Å². The van der Waals surface area contributed by atoms with Crippen molar-refractivity contribution in [2.75, 3.05) is 6.26 Å². The molecule has 0 spiro atoms. The standard InChI is InChI=1S/C7H10NOS/c1-6-3-4-8(9)7(5-6)10-2/h3-5,9H,1-2H3/q+1. The van der Waals surface area contributed by atoms with Crippen LogP contribution in [-0.2, 0) is 0 Å². The number of aromatic nitrogens is 1. The molecule has 0 saturated carbocycles. The largest absolute Gasteiger partial charge is 0.290 e. The number of aryl methyl sites for hydroxylation is 1. The van der Waals surface area contributed by atoms with E-state index in [2.05, 4.69) is 0 Å². The summed E-state index contributed by atoms with van der Waals surface area (Å²) >= 11 is 1.52. The number of nitrogens with zero attached hydrogens (tertiary/aromatic N) is 1. The molecule has 3 heteroatoms. The minimum absolute atomic E-state index is 0.861. The Balaban J connectivity index is 3.09. The molecular formula is C7H10NOS+. The van der Waals surface area contributed by atoms with Gasteiger partial charge in [-0.1, -0.05) is 11.8 Å². The van der Waals surface area contributed by atoms with Crippen LogP contribution in [-0.4, -0.2) is 11.5 Å². The van der Waals surface area contributed by atoms with Gasteiger partial charge in [-0.05, 0) is 18.7 Å². The quantitative estimate of drug-likeness (QED) is 0.376. The third kappa shape index (κ3) is 1.42. The van der Waals surface area contributed by atoms with E-state index in [9.17, 15) is 0 Å². The molecule has 1 rings (SSSR count). The summed E-state index contributed by atoms with van der Waals surface area (Å²) in [6.45, 7) is 2.00. The molecule has 0 aliphatic heterocycles. The molecule has 10 heavy (non-hydrogen) atoms. The Hall–Kier alpha value is -0.700. The topological polar surface area (TPSA) is 24.1 Å². The normalized spacial score (nSPS) is 9.80. The fraction of sp³-hybridized carbons (Fsp3) is 0.286. The van der Waals surface area contributed by atoms with Crippen LogP contribution >= 0.6 is 11.8 Å². The second kappa shape index (κ2) is 2.92. The lowest BCUT2D eigenvalue weighted by Gasteiger charge is -1.91. The third-order valence-corrected chi connectivity index (χ3v) is 1.99. The Morgan fingerprint density at radius 3 is 2.80 bits per heavy atom. The van der Waals surface area contributed by atoms with E-state index in [1.165, 1.54) is 11.8 Å². The fourth-order valence-electron chi connectivity index (χ4n) is 0.723. The van der Waals surface area contributed by atoms with Crippen LogP contribution in [0.4, 0.5) is 0 Å². The van der Waals surface area contributed by atoms with Crippen LogP contribution in [0.1, 0.15) is 5.56 Å². The van der Waals surface area contributed by atoms with Crippen molar-refractivity contribution >= 4 is 11.8 Å². The fourth-order valence-corrected chi connectivity index (χ4v) is 1.27. The molecule has 0 amide bonds. The lowest BCUT2D eigenvalue weighted by atomic mass is 10.3. The Morgan fingerprint density at radius 1 is 1.60 bits per heavy atom. The minimum atomic E-state index is 0.861. The zero-order valence-electron chi connectivity index (χ0n) is 6.03. The molecule has 1 aromatic heterocycles. The molecule has 0 atom stereocenters. The van der Waals surface area contributed by atoms with Gasteiger partial charge in [0, 0.05) is 16.9 Å². The number of rotatable bonds is 1. The van der Waals surface area contributed by atoms with Crippen LogP contribution in [0.2, 0.25) is 0 Å². The van der Waals surface area contributed by atoms with Crippen molar-refractivity contribution < 1.29 is 9.94 Å². The highest BCUT2D eigenvalue weighted by Crippen LogP contribution is 2.08. The van der Waals surface area contributed by atoms with E-state index in [4.69, 9.17) is 5.21 Å². The van der Waals surface area contributed by atoms with Gasteiger partial charge in [-0.3, -0.25) is 5.21 Å². The van der Waals surface area contributed by atoms with E-state index >= 15 is 0 Å². The van der Waals surface area contributed by atoms with Gasteiger partial charge in [0.15, 0.2) is 0 Å². The molecule has 0 aromatic carbocycles. The number of pyridine rings is 1. The third-order valence-electron chi connectivity index (χ3n) is 1.26. The van der Waals surface area contributed by atoms with Gasteiger partial charge < -0.3 is 0 Å². The summed E-state index contributed by atoms with van der Waals surface area (Å²) in [7, 11) is 0. The number of thioether (sulfide) groups is 1. The molecule has 0 saturated heterocycles. The van der Waals surface area contributed by atoms with Crippen molar-refractivity contribution in [1.82, 2.24) is 0 Å². The van der Waals surface area contributed by atoms with Crippen molar-refractivity contribution in [1.29, 1.82) is 0 Å². The first-order valence-electron chi connectivity index (χ1n) is 2.99. The van der Waals surface area contributed by atoms with Crippen LogP contribution in [0, 0.1) is 6.92 Å². The Morgan fingerprint density at radius 2 is 2.30 bits per heavy atom. The highest BCUT2D eigenvalue weighted by molar-refractivity contribution is 7.98. The van der Waals surface area contributed by atoms with Gasteiger partial charge in [0.05, 0.1) is 0 Å². The Kier molecular flexibility index (Phi) is 2.17. The van der Waals surface area contributed by atoms with Crippen LogP contribution in [0.3, 0.4) is 0 Å². The maximum absolute atomic E-state index is 9.13. The maximum Gasteiger partial charge on any atom is 0.290 e. The van der Waals surface area contributed by atoms with Gasteiger partial charge in [-0.25, -0.2) is 0 Å². The molecular weight excluding hydrogens is 146 g/mol. The predicted molar refractivity (Wildman–Crippen MR) is 40.3 cm³/mol. The minimum Gasteiger partial charge on any atom is -0.284 e. The molecule has 1 N–H and O–H groups in total. The summed E-state index contributed by atoms with van der Waals surface area (Å²) in [4.78, 5) is 0. The summed E-state index contributed by atoms with van der Waals surface area (Å²) in [6.07, 6.45) is 3.57. The number of hydrogen-bond acceptors (Lipinski definition) is 2. The molecule has 0 aliphatic rings. The van der Waals surface area contributed by atoms with Crippen molar-refractivity contribution in [2.45, 2.75) is 11.9 Å². The summed E-state index contributed by atoms with van der Waals surface area (Å²) < 4.78 is 1.12. The molecule has 0 fully saturated rings. The molecule has 0 radical (unpaired) electrons. The summed E-state index contributed by atoms with van der Waals surface area (Å²) in [5.41, 5.74) is 1.16. The molecule has 1 heterocycles. The molecule has 0 aliphatic carbocycles. The maximum atomic E-state index is 9.13. The van der Waals surface area contributed by atoms with Crippen LogP contribution in [0.25, 0.3) is 0 Å². The van der Waals surface area contributed by atoms with Gasteiger partial charge >= 0.3 is 0 Å². The van der Waals surface area contributed by atoms with Gasteiger partial charge in [-0.2, -0.15) is 0 Å². The smallest absolute Gasteiger partial charge is 0.284 e. The molecule has 0 unspecified atom stereocenters. The van der Waals surface area contributed by atoms with E-state index < -0.39 is 0 Å². The molecule has 54 valence electrons. The zero-order chi connectivity index (χ0) is 7.56. The van der Waals surface area contributed by atoms with E-state index in [0.29, 0.717) is 0 Å². The van der Waals surface area contributed by atoms with E-state index in [0.717, 1.165) is 15.3 Å². The van der Waals surface area contributed by atoms with Crippen LogP contribution in [0.5, 0.6) is 0 Å². The second-order valence-corrected chi connectivity index (χ2v) is 2.92. The summed E-state index contributed by atoms with van der Waals surface area (Å²) in [5.74, 6) is 0. The zero-order valence-corrected chi connectivity index (χ0v) is 6.85. The monoisotopic (exact) mass is 156 g/mol. The highest BCUT2D eigenvalue weighted by Gasteiger charge is 2.06. The van der Waals surface area contributed by atoms with Crippen molar-refractivity contribution in [3.8, 4) is 0 Å². The lowest BCUT2D eigenvalue weighted by Crippen LogP contribution is -2.31. The van der Waals surface area contributed by atoms with Gasteiger partial charge in [0.25, 0.3) is 5.03 Å². The van der Waals surface area contributed by atoms with Gasteiger partial charge in [0.2, 0.25) is 6.20 Å². The highest BCUT2D eigenvalue weighted by atomic mass is 32.2. The first-order chi connectivity index (χ1) is 4.74. The second-order valence-electron chi connectivity index (χ2n) is 2.09.